The predicted molar refractivity (Wildman–Crippen MR) is 359 cm³/mol. The number of anilines is 3. The van der Waals surface area contributed by atoms with Crippen LogP contribution in [0.4, 0.5) is 17.1 Å². The first kappa shape index (κ1) is 51.8. The average Bonchev–Trinajstić information content (AvgIpc) is 1.67. The van der Waals surface area contributed by atoms with Gasteiger partial charge in [-0.25, -0.2) is 0 Å². The summed E-state index contributed by atoms with van der Waals surface area (Å²) in [5.74, 6) is 0. The topological polar surface area (TPSA) is 3.24 Å². The number of hydrogen-bond acceptors (Lipinski definition) is 1. The lowest BCUT2D eigenvalue weighted by Gasteiger charge is -2.35. The Kier molecular flexibility index (Phi) is 12.4. The van der Waals surface area contributed by atoms with E-state index in [-0.39, 0.29) is 10.8 Å². The van der Waals surface area contributed by atoms with Crippen LogP contribution in [0.2, 0.25) is 0 Å². The first-order valence-electron chi connectivity index (χ1n) is 30.0. The summed E-state index contributed by atoms with van der Waals surface area (Å²) >= 11 is 0. The molecule has 1 heteroatoms. The minimum Gasteiger partial charge on any atom is -0.309 e. The van der Waals surface area contributed by atoms with Crippen LogP contribution in [-0.2, 0) is 16.2 Å². The van der Waals surface area contributed by atoms with Crippen LogP contribution < -0.4 is 4.90 Å². The zero-order valence-electron chi connectivity index (χ0n) is 48.8. The molecule has 0 bridgehead atoms. The van der Waals surface area contributed by atoms with Gasteiger partial charge in [-0.15, -0.1) is 0 Å². The summed E-state index contributed by atoms with van der Waals surface area (Å²) in [4.78, 5) is 2.64. The van der Waals surface area contributed by atoms with Gasteiger partial charge < -0.3 is 4.90 Å². The van der Waals surface area contributed by atoms with Crippen LogP contribution in [0.3, 0.4) is 0 Å². The second kappa shape index (κ2) is 20.4. The highest BCUT2D eigenvalue weighted by Gasteiger charge is 2.46. The van der Waals surface area contributed by atoms with Crippen molar-refractivity contribution in [3.05, 3.63) is 342 Å². The summed E-state index contributed by atoms with van der Waals surface area (Å²) < 4.78 is 0. The standard InChI is InChI=1S/C84H65N/c1-82(2,3)61-48-45-56(46-49-61)60-53-71(57-27-10-6-11-28-57)81(72(54-60)58-29-12-7-13-30-58)85(64-50-51-76-73(55-64)67-38-22-25-43-75(67)84(76,62-32-14-8-15-33-62)63-34-16-9-17-35-63)78-52-47-59-31-18-19-36-65(59)80(78)69-39-21-20-37-66(69)68-41-26-44-77-79(68)70-40-23-24-42-74(70)83(77,4)5/h6-55H,1-5H3. The SMILES string of the molecule is CC(C)(C)c1ccc(-c2cc(-c3ccccc3)c(N(c3ccc4c(c3)-c3ccccc3C4(c3ccccc3)c3ccccc3)c3ccc4ccccc4c3-c3ccccc3-c3cccc4c3-c3ccccc3C4(C)C)c(-c3ccccc3)c2)cc1. The van der Waals surface area contributed by atoms with Gasteiger partial charge in [0.2, 0.25) is 0 Å². The summed E-state index contributed by atoms with van der Waals surface area (Å²) in [5.41, 5.74) is 28.3. The molecular weight excluding hydrogens is 1020 g/mol. The molecule has 13 aromatic rings. The van der Waals surface area contributed by atoms with E-state index < -0.39 is 5.41 Å². The molecule has 0 fully saturated rings. The number of benzene rings is 13. The fraction of sp³-hybridized carbons (Fsp3) is 0.0952. The summed E-state index contributed by atoms with van der Waals surface area (Å²) in [7, 11) is 0. The van der Waals surface area contributed by atoms with Crippen molar-refractivity contribution in [2.75, 3.05) is 4.90 Å². The molecule has 0 spiro atoms. The molecule has 85 heavy (non-hydrogen) atoms. The Balaban J connectivity index is 1.08. The Morgan fingerprint density at radius 3 is 1.45 bits per heavy atom. The third-order valence-corrected chi connectivity index (χ3v) is 18.5. The Morgan fingerprint density at radius 2 is 0.812 bits per heavy atom. The van der Waals surface area contributed by atoms with Crippen molar-refractivity contribution >= 4 is 27.8 Å². The number of nitrogens with zero attached hydrogens (tertiary/aromatic N) is 1. The first-order valence-corrected chi connectivity index (χ1v) is 30.0. The van der Waals surface area contributed by atoms with Gasteiger partial charge in [0, 0.05) is 27.8 Å². The molecule has 2 aliphatic carbocycles. The Bertz CT molecular complexity index is 4580. The predicted octanol–water partition coefficient (Wildman–Crippen LogP) is 22.6. The number of rotatable bonds is 10. The quantitative estimate of drug-likeness (QED) is 0.132. The Morgan fingerprint density at radius 1 is 0.306 bits per heavy atom. The van der Waals surface area contributed by atoms with Gasteiger partial charge in [-0.05, 0) is 147 Å². The van der Waals surface area contributed by atoms with E-state index in [1.54, 1.807) is 0 Å². The highest BCUT2D eigenvalue weighted by Crippen LogP contribution is 2.60. The molecule has 0 atom stereocenters. The highest BCUT2D eigenvalue weighted by atomic mass is 15.2. The highest BCUT2D eigenvalue weighted by molar-refractivity contribution is 6.12. The van der Waals surface area contributed by atoms with Crippen molar-refractivity contribution in [1.29, 1.82) is 0 Å². The molecule has 0 aliphatic heterocycles. The third kappa shape index (κ3) is 8.36. The zero-order valence-corrected chi connectivity index (χ0v) is 48.8. The molecule has 0 unspecified atom stereocenters. The van der Waals surface area contributed by atoms with Gasteiger partial charge in [0.15, 0.2) is 0 Å². The van der Waals surface area contributed by atoms with Crippen molar-refractivity contribution in [1.82, 2.24) is 0 Å². The molecule has 0 heterocycles. The fourth-order valence-corrected chi connectivity index (χ4v) is 14.5. The lowest BCUT2D eigenvalue weighted by molar-refractivity contribution is 0.590. The van der Waals surface area contributed by atoms with E-state index in [1.165, 1.54) is 99.8 Å². The van der Waals surface area contributed by atoms with E-state index in [9.17, 15) is 0 Å². The molecule has 13 aromatic carbocycles. The lowest BCUT2D eigenvalue weighted by Crippen LogP contribution is -2.28. The maximum absolute atomic E-state index is 2.64. The van der Waals surface area contributed by atoms with E-state index in [4.69, 9.17) is 0 Å². The minimum absolute atomic E-state index is 0.0172. The normalized spacial score (nSPS) is 13.4. The molecule has 0 saturated heterocycles. The lowest BCUT2D eigenvalue weighted by atomic mass is 9.68. The number of fused-ring (bicyclic) bond motifs is 7. The van der Waals surface area contributed by atoms with E-state index in [2.05, 4.69) is 343 Å². The van der Waals surface area contributed by atoms with Gasteiger partial charge in [-0.1, -0.05) is 308 Å². The van der Waals surface area contributed by atoms with E-state index in [1.807, 2.05) is 0 Å². The molecule has 1 nitrogen and oxygen atoms in total. The molecule has 15 rings (SSSR count). The summed E-state index contributed by atoms with van der Waals surface area (Å²) in [5, 5.41) is 2.36. The van der Waals surface area contributed by atoms with Crippen LogP contribution in [0.15, 0.2) is 303 Å². The summed E-state index contributed by atoms with van der Waals surface area (Å²) in [6, 6.07) is 114. The van der Waals surface area contributed by atoms with Gasteiger partial charge in [0.1, 0.15) is 0 Å². The zero-order chi connectivity index (χ0) is 57.4. The molecule has 0 radical (unpaired) electrons. The van der Waals surface area contributed by atoms with Gasteiger partial charge >= 0.3 is 0 Å². The second-order valence-corrected chi connectivity index (χ2v) is 24.7. The maximum Gasteiger partial charge on any atom is 0.0713 e. The van der Waals surface area contributed by atoms with Crippen LogP contribution in [0.1, 0.15) is 73.6 Å². The van der Waals surface area contributed by atoms with Crippen LogP contribution in [-0.4, -0.2) is 0 Å². The minimum atomic E-state index is -0.567. The molecule has 0 aromatic heterocycles. The van der Waals surface area contributed by atoms with Crippen LogP contribution >= 0.6 is 0 Å². The van der Waals surface area contributed by atoms with E-state index in [0.29, 0.717) is 0 Å². The largest absolute Gasteiger partial charge is 0.309 e. The van der Waals surface area contributed by atoms with Crippen LogP contribution in [0.25, 0.3) is 88.7 Å². The maximum atomic E-state index is 2.64. The molecule has 2 aliphatic rings. The molecule has 406 valence electrons. The van der Waals surface area contributed by atoms with Crippen molar-refractivity contribution in [2.45, 2.75) is 50.9 Å². The van der Waals surface area contributed by atoms with Crippen molar-refractivity contribution < 1.29 is 0 Å². The van der Waals surface area contributed by atoms with Crippen molar-refractivity contribution in [3.8, 4) is 77.9 Å². The Hall–Kier alpha value is -10.1. The summed E-state index contributed by atoms with van der Waals surface area (Å²) in [6.45, 7) is 11.6. The Labute approximate surface area is 500 Å². The van der Waals surface area contributed by atoms with Crippen molar-refractivity contribution in [2.24, 2.45) is 0 Å². The van der Waals surface area contributed by atoms with Gasteiger partial charge in [-0.2, -0.15) is 0 Å². The molecule has 0 amide bonds. The monoisotopic (exact) mass is 1090 g/mol. The van der Waals surface area contributed by atoms with Gasteiger partial charge in [0.25, 0.3) is 0 Å². The molecule has 0 N–H and O–H groups in total. The second-order valence-electron chi connectivity index (χ2n) is 24.7. The van der Waals surface area contributed by atoms with Gasteiger partial charge in [0.05, 0.1) is 16.8 Å². The van der Waals surface area contributed by atoms with Crippen LogP contribution in [0, 0.1) is 0 Å². The van der Waals surface area contributed by atoms with Crippen LogP contribution in [0.5, 0.6) is 0 Å². The average molecular weight is 1090 g/mol. The number of hydrogen-bond donors (Lipinski definition) is 0. The van der Waals surface area contributed by atoms with E-state index >= 15 is 0 Å². The first-order chi connectivity index (χ1) is 41.6. The summed E-state index contributed by atoms with van der Waals surface area (Å²) in [6.07, 6.45) is 0. The van der Waals surface area contributed by atoms with Gasteiger partial charge in [-0.3, -0.25) is 0 Å². The smallest absolute Gasteiger partial charge is 0.0713 e. The van der Waals surface area contributed by atoms with E-state index in [0.717, 1.165) is 44.9 Å². The van der Waals surface area contributed by atoms with Crippen molar-refractivity contribution in [3.63, 3.8) is 0 Å². The molecule has 0 saturated carbocycles. The third-order valence-electron chi connectivity index (χ3n) is 18.5. The fourth-order valence-electron chi connectivity index (χ4n) is 14.5. The molecular formula is C84H65N.